The maximum atomic E-state index is 13.5. The fourth-order valence-electron chi connectivity index (χ4n) is 1.14. The molecule has 1 aromatic carbocycles. The highest BCUT2D eigenvalue weighted by molar-refractivity contribution is 9.10. The highest BCUT2D eigenvalue weighted by Gasteiger charge is 2.08. The van der Waals surface area contributed by atoms with E-state index in [1.807, 2.05) is 6.92 Å². The van der Waals surface area contributed by atoms with Crippen molar-refractivity contribution in [1.82, 2.24) is 0 Å². The fraction of sp³-hybridized carbons (Fsp3) is 0.273. The van der Waals surface area contributed by atoms with Crippen molar-refractivity contribution in [2.45, 2.75) is 13.0 Å². The average molecular weight is 274 g/mol. The number of nitrogens with two attached hydrogens (primary N) is 1. The van der Waals surface area contributed by atoms with Gasteiger partial charge in [-0.15, -0.1) is 0 Å². The van der Waals surface area contributed by atoms with Crippen LogP contribution in [0.5, 0.6) is 5.75 Å². The highest BCUT2D eigenvalue weighted by Crippen LogP contribution is 2.27. The lowest BCUT2D eigenvalue weighted by Crippen LogP contribution is -2.10. The van der Waals surface area contributed by atoms with Crippen LogP contribution in [0.15, 0.2) is 22.7 Å². The number of benzene rings is 1. The van der Waals surface area contributed by atoms with Crippen molar-refractivity contribution >= 4 is 22.0 Å². The van der Waals surface area contributed by atoms with Gasteiger partial charge in [-0.3, -0.25) is 0 Å². The summed E-state index contributed by atoms with van der Waals surface area (Å²) in [4.78, 5) is 0. The summed E-state index contributed by atoms with van der Waals surface area (Å²) < 4.78 is 19.3. The minimum Gasteiger partial charge on any atom is -0.496 e. The number of hydrogen-bond donors (Lipinski definition) is 1. The number of hydrogen-bond acceptors (Lipinski definition) is 2. The Morgan fingerprint density at radius 3 is 2.73 bits per heavy atom. The third kappa shape index (κ3) is 3.32. The molecule has 0 heterocycles. The molecule has 0 aliphatic rings. The molecule has 2 N–H and O–H groups in total. The van der Waals surface area contributed by atoms with Crippen molar-refractivity contribution in [2.75, 3.05) is 7.11 Å². The summed E-state index contributed by atoms with van der Waals surface area (Å²) in [5, 5.41) is 0. The van der Waals surface area contributed by atoms with Crippen LogP contribution in [0.1, 0.15) is 12.5 Å². The van der Waals surface area contributed by atoms with E-state index < -0.39 is 0 Å². The van der Waals surface area contributed by atoms with Gasteiger partial charge >= 0.3 is 0 Å². The minimum atomic E-state index is -0.335. The van der Waals surface area contributed by atoms with E-state index in [0.717, 1.165) is 0 Å². The van der Waals surface area contributed by atoms with Gasteiger partial charge < -0.3 is 10.5 Å². The molecule has 0 spiro atoms. The normalized spacial score (nSPS) is 13.1. The monoisotopic (exact) mass is 273 g/mol. The molecular formula is C11H13BrFNO. The quantitative estimate of drug-likeness (QED) is 0.919. The Bertz CT molecular complexity index is 377. The van der Waals surface area contributed by atoms with Gasteiger partial charge in [-0.1, -0.05) is 28.1 Å². The first-order chi connectivity index (χ1) is 7.04. The van der Waals surface area contributed by atoms with Crippen molar-refractivity contribution < 1.29 is 9.13 Å². The maximum absolute atomic E-state index is 13.5. The van der Waals surface area contributed by atoms with Gasteiger partial charge in [-0.25, -0.2) is 4.39 Å². The summed E-state index contributed by atoms with van der Waals surface area (Å²) in [7, 11) is 1.50. The molecule has 1 aromatic rings. The van der Waals surface area contributed by atoms with Gasteiger partial charge in [0, 0.05) is 10.5 Å². The summed E-state index contributed by atoms with van der Waals surface area (Å²) in [6.07, 6.45) is 3.35. The second kappa shape index (κ2) is 5.28. The van der Waals surface area contributed by atoms with Gasteiger partial charge in [-0.05, 0) is 19.1 Å². The van der Waals surface area contributed by atoms with Crippen LogP contribution in [0.4, 0.5) is 4.39 Å². The number of methoxy groups -OCH3 is 1. The van der Waals surface area contributed by atoms with Crippen LogP contribution in [0.25, 0.3) is 6.08 Å². The predicted molar refractivity (Wildman–Crippen MR) is 63.3 cm³/mol. The average Bonchev–Trinajstić information content (AvgIpc) is 2.14. The summed E-state index contributed by atoms with van der Waals surface area (Å²) in [6, 6.07) is 2.99. The van der Waals surface area contributed by atoms with Crippen LogP contribution in [0, 0.1) is 5.82 Å². The molecule has 0 radical (unpaired) electrons. The first kappa shape index (κ1) is 12.2. The lowest BCUT2D eigenvalue weighted by atomic mass is 10.1. The van der Waals surface area contributed by atoms with Crippen molar-refractivity contribution in [3.63, 3.8) is 0 Å². The Kier molecular flexibility index (Phi) is 4.29. The SMILES string of the molecule is COc1cc(Br)cc(F)c1/C=C/C(C)N. The second-order valence-electron chi connectivity index (χ2n) is 3.22. The zero-order valence-electron chi connectivity index (χ0n) is 8.63. The zero-order valence-corrected chi connectivity index (χ0v) is 10.2. The molecule has 0 bridgehead atoms. The first-order valence-corrected chi connectivity index (χ1v) is 5.30. The van der Waals surface area contributed by atoms with Crippen LogP contribution in [-0.4, -0.2) is 13.2 Å². The van der Waals surface area contributed by atoms with Gasteiger partial charge in [0.2, 0.25) is 0 Å². The minimum absolute atomic E-state index is 0.113. The van der Waals surface area contributed by atoms with E-state index in [2.05, 4.69) is 15.9 Å². The summed E-state index contributed by atoms with van der Waals surface area (Å²) >= 11 is 3.20. The van der Waals surface area contributed by atoms with Crippen LogP contribution in [-0.2, 0) is 0 Å². The molecule has 4 heteroatoms. The van der Waals surface area contributed by atoms with Gasteiger partial charge in [-0.2, -0.15) is 0 Å². The number of rotatable bonds is 3. The Morgan fingerprint density at radius 2 is 2.20 bits per heavy atom. The largest absolute Gasteiger partial charge is 0.496 e. The molecule has 15 heavy (non-hydrogen) atoms. The maximum Gasteiger partial charge on any atom is 0.135 e. The van der Waals surface area contributed by atoms with E-state index in [1.54, 1.807) is 18.2 Å². The third-order valence-corrected chi connectivity index (χ3v) is 2.30. The Hall–Kier alpha value is -0.870. The summed E-state index contributed by atoms with van der Waals surface area (Å²) in [6.45, 7) is 1.82. The van der Waals surface area contributed by atoms with Crippen LogP contribution in [0.2, 0.25) is 0 Å². The molecule has 1 rings (SSSR count). The van der Waals surface area contributed by atoms with Gasteiger partial charge in [0.15, 0.2) is 0 Å². The molecule has 0 saturated heterocycles. The molecule has 0 saturated carbocycles. The van der Waals surface area contributed by atoms with Crippen LogP contribution in [0.3, 0.4) is 0 Å². The molecule has 1 atom stereocenters. The molecule has 0 aromatic heterocycles. The van der Waals surface area contributed by atoms with Crippen molar-refractivity contribution in [2.24, 2.45) is 5.73 Å². The third-order valence-electron chi connectivity index (χ3n) is 1.84. The van der Waals surface area contributed by atoms with E-state index in [4.69, 9.17) is 10.5 Å². The Labute approximate surface area is 97.1 Å². The molecular weight excluding hydrogens is 261 g/mol. The van der Waals surface area contributed by atoms with E-state index in [-0.39, 0.29) is 11.9 Å². The molecule has 82 valence electrons. The fourth-order valence-corrected chi connectivity index (χ4v) is 1.55. The van der Waals surface area contributed by atoms with E-state index in [9.17, 15) is 4.39 Å². The van der Waals surface area contributed by atoms with Crippen molar-refractivity contribution in [3.8, 4) is 5.75 Å². The molecule has 2 nitrogen and oxygen atoms in total. The summed E-state index contributed by atoms with van der Waals surface area (Å²) in [5.41, 5.74) is 5.97. The summed E-state index contributed by atoms with van der Waals surface area (Å²) in [5.74, 6) is 0.150. The highest BCUT2D eigenvalue weighted by atomic mass is 79.9. The molecule has 0 aliphatic carbocycles. The van der Waals surface area contributed by atoms with E-state index in [0.29, 0.717) is 15.8 Å². The smallest absolute Gasteiger partial charge is 0.135 e. The van der Waals surface area contributed by atoms with Crippen LogP contribution < -0.4 is 10.5 Å². The molecule has 0 amide bonds. The predicted octanol–water partition coefficient (Wildman–Crippen LogP) is 2.96. The van der Waals surface area contributed by atoms with Gasteiger partial charge in [0.25, 0.3) is 0 Å². The molecule has 0 aliphatic heterocycles. The second-order valence-corrected chi connectivity index (χ2v) is 4.14. The van der Waals surface area contributed by atoms with E-state index in [1.165, 1.54) is 13.2 Å². The zero-order chi connectivity index (χ0) is 11.4. The number of halogens is 2. The van der Waals surface area contributed by atoms with Gasteiger partial charge in [0.1, 0.15) is 11.6 Å². The Balaban J connectivity index is 3.15. The lowest BCUT2D eigenvalue weighted by molar-refractivity contribution is 0.409. The topological polar surface area (TPSA) is 35.2 Å². The van der Waals surface area contributed by atoms with E-state index >= 15 is 0 Å². The lowest BCUT2D eigenvalue weighted by Gasteiger charge is -2.07. The molecule has 1 unspecified atom stereocenters. The van der Waals surface area contributed by atoms with Crippen LogP contribution >= 0.6 is 15.9 Å². The van der Waals surface area contributed by atoms with Crippen molar-refractivity contribution in [1.29, 1.82) is 0 Å². The first-order valence-electron chi connectivity index (χ1n) is 4.51. The standard InChI is InChI=1S/C11H13BrFNO/c1-7(14)3-4-9-10(13)5-8(12)6-11(9)15-2/h3-7H,14H2,1-2H3/b4-3+. The Morgan fingerprint density at radius 1 is 1.53 bits per heavy atom. The number of ether oxygens (including phenoxy) is 1. The molecule has 0 fully saturated rings. The van der Waals surface area contributed by atoms with Gasteiger partial charge in [0.05, 0.1) is 12.7 Å². The van der Waals surface area contributed by atoms with Crippen molar-refractivity contribution in [3.05, 3.63) is 34.1 Å².